The SMILES string of the molecule is CCNc1ccc(Cl)c(COC2CCOCC2)n1. The van der Waals surface area contributed by atoms with E-state index in [1.54, 1.807) is 0 Å². The van der Waals surface area contributed by atoms with E-state index in [1.165, 1.54) is 0 Å². The summed E-state index contributed by atoms with van der Waals surface area (Å²) in [6.07, 6.45) is 2.16. The lowest BCUT2D eigenvalue weighted by molar-refractivity contribution is -0.0399. The molecule has 18 heavy (non-hydrogen) atoms. The number of anilines is 1. The molecular weight excluding hydrogens is 252 g/mol. The molecule has 2 rings (SSSR count). The normalized spacial score (nSPS) is 16.8. The molecule has 0 saturated carbocycles. The minimum absolute atomic E-state index is 0.263. The minimum Gasteiger partial charge on any atom is -0.381 e. The predicted molar refractivity (Wildman–Crippen MR) is 72.0 cm³/mol. The second kappa shape index (κ2) is 6.92. The van der Waals surface area contributed by atoms with Crippen LogP contribution in [0, 0.1) is 0 Å². The van der Waals surface area contributed by atoms with Crippen molar-refractivity contribution in [3.8, 4) is 0 Å². The summed E-state index contributed by atoms with van der Waals surface area (Å²) in [5.41, 5.74) is 0.793. The number of pyridine rings is 1. The summed E-state index contributed by atoms with van der Waals surface area (Å²) in [5.74, 6) is 0.840. The molecule has 2 heterocycles. The number of rotatable bonds is 5. The number of ether oxygens (including phenoxy) is 2. The van der Waals surface area contributed by atoms with Gasteiger partial charge in [-0.25, -0.2) is 4.98 Å². The van der Waals surface area contributed by atoms with E-state index in [2.05, 4.69) is 10.3 Å². The number of hydrogen-bond acceptors (Lipinski definition) is 4. The van der Waals surface area contributed by atoms with Gasteiger partial charge in [0.1, 0.15) is 5.82 Å². The van der Waals surface area contributed by atoms with E-state index >= 15 is 0 Å². The highest BCUT2D eigenvalue weighted by Gasteiger charge is 2.15. The number of nitrogens with zero attached hydrogens (tertiary/aromatic N) is 1. The van der Waals surface area contributed by atoms with Gasteiger partial charge in [0.05, 0.1) is 23.4 Å². The zero-order valence-corrected chi connectivity index (χ0v) is 11.4. The zero-order valence-electron chi connectivity index (χ0n) is 10.6. The summed E-state index contributed by atoms with van der Waals surface area (Å²) in [7, 11) is 0. The maximum absolute atomic E-state index is 6.12. The number of hydrogen-bond donors (Lipinski definition) is 1. The second-order valence-corrected chi connectivity index (χ2v) is 4.69. The Kier molecular flexibility index (Phi) is 5.23. The van der Waals surface area contributed by atoms with Gasteiger partial charge >= 0.3 is 0 Å². The molecule has 1 aromatic rings. The van der Waals surface area contributed by atoms with E-state index in [1.807, 2.05) is 19.1 Å². The first kappa shape index (κ1) is 13.6. The summed E-state index contributed by atoms with van der Waals surface area (Å²) in [5, 5.41) is 3.82. The predicted octanol–water partition coefficient (Wildman–Crippen LogP) is 2.86. The van der Waals surface area contributed by atoms with E-state index < -0.39 is 0 Å². The molecular formula is C13H19ClN2O2. The number of halogens is 1. The molecule has 0 amide bonds. The van der Waals surface area contributed by atoms with Gasteiger partial charge in [0.15, 0.2) is 0 Å². The van der Waals surface area contributed by atoms with Crippen molar-refractivity contribution in [1.82, 2.24) is 4.98 Å². The molecule has 0 radical (unpaired) electrons. The molecule has 0 bridgehead atoms. The molecule has 5 heteroatoms. The Morgan fingerprint density at radius 1 is 1.44 bits per heavy atom. The van der Waals surface area contributed by atoms with Gasteiger partial charge in [0, 0.05) is 19.8 Å². The first-order valence-electron chi connectivity index (χ1n) is 6.38. The zero-order chi connectivity index (χ0) is 12.8. The third-order valence-electron chi connectivity index (χ3n) is 2.90. The Hall–Kier alpha value is -0.840. The lowest BCUT2D eigenvalue weighted by Crippen LogP contribution is -2.23. The van der Waals surface area contributed by atoms with Crippen molar-refractivity contribution < 1.29 is 9.47 Å². The molecule has 100 valence electrons. The Labute approximate surface area is 113 Å². The molecule has 1 aliphatic rings. The van der Waals surface area contributed by atoms with Crippen LogP contribution in [0.5, 0.6) is 0 Å². The van der Waals surface area contributed by atoms with Gasteiger partial charge in [-0.15, -0.1) is 0 Å². The summed E-state index contributed by atoms with van der Waals surface area (Å²) < 4.78 is 11.1. The van der Waals surface area contributed by atoms with Crippen LogP contribution < -0.4 is 5.32 Å². The van der Waals surface area contributed by atoms with Crippen molar-refractivity contribution in [3.63, 3.8) is 0 Å². The molecule has 1 saturated heterocycles. The van der Waals surface area contributed by atoms with Crippen molar-refractivity contribution in [2.75, 3.05) is 25.1 Å². The van der Waals surface area contributed by atoms with Crippen LogP contribution in [0.2, 0.25) is 5.02 Å². The van der Waals surface area contributed by atoms with E-state index in [0.29, 0.717) is 11.6 Å². The standard InChI is InChI=1S/C13H19ClN2O2/c1-2-15-13-4-3-11(14)12(16-13)9-18-10-5-7-17-8-6-10/h3-4,10H,2,5-9H2,1H3,(H,15,16). The minimum atomic E-state index is 0.263. The van der Waals surface area contributed by atoms with Gasteiger partial charge in [-0.05, 0) is 31.9 Å². The van der Waals surface area contributed by atoms with E-state index in [0.717, 1.165) is 44.1 Å². The lowest BCUT2D eigenvalue weighted by atomic mass is 10.1. The Morgan fingerprint density at radius 3 is 2.94 bits per heavy atom. The highest BCUT2D eigenvalue weighted by molar-refractivity contribution is 6.31. The maximum Gasteiger partial charge on any atom is 0.126 e. The third-order valence-corrected chi connectivity index (χ3v) is 3.24. The molecule has 1 aliphatic heterocycles. The van der Waals surface area contributed by atoms with Crippen LogP contribution in [0.15, 0.2) is 12.1 Å². The summed E-state index contributed by atoms with van der Waals surface area (Å²) in [6, 6.07) is 3.74. The largest absolute Gasteiger partial charge is 0.381 e. The van der Waals surface area contributed by atoms with E-state index in [-0.39, 0.29) is 6.10 Å². The fourth-order valence-corrected chi connectivity index (χ4v) is 2.06. The van der Waals surface area contributed by atoms with Crippen molar-refractivity contribution in [2.45, 2.75) is 32.5 Å². The average Bonchev–Trinajstić information content (AvgIpc) is 2.41. The van der Waals surface area contributed by atoms with Gasteiger partial charge < -0.3 is 14.8 Å². The van der Waals surface area contributed by atoms with Gasteiger partial charge in [-0.3, -0.25) is 0 Å². The number of nitrogens with one attached hydrogen (secondary N) is 1. The topological polar surface area (TPSA) is 43.4 Å². The Balaban J connectivity index is 1.92. The van der Waals surface area contributed by atoms with Gasteiger partial charge in [-0.1, -0.05) is 11.6 Å². The number of aromatic nitrogens is 1. The van der Waals surface area contributed by atoms with Crippen LogP contribution in [-0.2, 0) is 16.1 Å². The molecule has 1 N–H and O–H groups in total. The molecule has 1 aromatic heterocycles. The summed E-state index contributed by atoms with van der Waals surface area (Å²) >= 11 is 6.12. The van der Waals surface area contributed by atoms with Crippen LogP contribution in [0.25, 0.3) is 0 Å². The molecule has 0 aliphatic carbocycles. The first-order valence-corrected chi connectivity index (χ1v) is 6.76. The fraction of sp³-hybridized carbons (Fsp3) is 0.615. The van der Waals surface area contributed by atoms with Crippen LogP contribution >= 0.6 is 11.6 Å². The lowest BCUT2D eigenvalue weighted by Gasteiger charge is -2.22. The molecule has 0 atom stereocenters. The van der Waals surface area contributed by atoms with Gasteiger partial charge in [0.25, 0.3) is 0 Å². The smallest absolute Gasteiger partial charge is 0.126 e. The molecule has 0 aromatic carbocycles. The van der Waals surface area contributed by atoms with Crippen molar-refractivity contribution in [2.24, 2.45) is 0 Å². The van der Waals surface area contributed by atoms with Crippen molar-refractivity contribution in [3.05, 3.63) is 22.8 Å². The highest BCUT2D eigenvalue weighted by atomic mass is 35.5. The molecule has 1 fully saturated rings. The summed E-state index contributed by atoms with van der Waals surface area (Å²) in [4.78, 5) is 4.45. The van der Waals surface area contributed by atoms with Crippen molar-refractivity contribution >= 4 is 17.4 Å². The third kappa shape index (κ3) is 3.83. The van der Waals surface area contributed by atoms with Crippen molar-refractivity contribution in [1.29, 1.82) is 0 Å². The van der Waals surface area contributed by atoms with Crippen LogP contribution in [0.3, 0.4) is 0 Å². The molecule has 0 unspecified atom stereocenters. The summed E-state index contributed by atoms with van der Waals surface area (Å²) in [6.45, 7) is 4.90. The Bertz CT molecular complexity index is 381. The first-order chi connectivity index (χ1) is 8.79. The average molecular weight is 271 g/mol. The van der Waals surface area contributed by atoms with Crippen LogP contribution in [0.1, 0.15) is 25.5 Å². The molecule has 0 spiro atoms. The van der Waals surface area contributed by atoms with E-state index in [4.69, 9.17) is 21.1 Å². The second-order valence-electron chi connectivity index (χ2n) is 4.28. The molecule has 4 nitrogen and oxygen atoms in total. The maximum atomic E-state index is 6.12. The van der Waals surface area contributed by atoms with Gasteiger partial charge in [-0.2, -0.15) is 0 Å². The van der Waals surface area contributed by atoms with Gasteiger partial charge in [0.2, 0.25) is 0 Å². The Morgan fingerprint density at radius 2 is 2.22 bits per heavy atom. The van der Waals surface area contributed by atoms with E-state index in [9.17, 15) is 0 Å². The van der Waals surface area contributed by atoms with Crippen LogP contribution in [0.4, 0.5) is 5.82 Å². The monoisotopic (exact) mass is 270 g/mol. The van der Waals surface area contributed by atoms with Crippen LogP contribution in [-0.4, -0.2) is 30.8 Å². The quantitative estimate of drug-likeness (QED) is 0.894. The fourth-order valence-electron chi connectivity index (χ4n) is 1.90. The highest BCUT2D eigenvalue weighted by Crippen LogP contribution is 2.19.